The molecule has 0 aliphatic carbocycles. The van der Waals surface area contributed by atoms with Crippen LogP contribution in [0, 0.1) is 0 Å². The summed E-state index contributed by atoms with van der Waals surface area (Å²) in [5.41, 5.74) is 10.6. The zero-order chi connectivity index (χ0) is 34.4. The first-order valence-electron chi connectivity index (χ1n) is 17.5. The molecule has 0 N–H and O–H groups in total. The van der Waals surface area contributed by atoms with Gasteiger partial charge in [0.15, 0.2) is 5.82 Å². The predicted octanol–water partition coefficient (Wildman–Crippen LogP) is 12.2. The van der Waals surface area contributed by atoms with E-state index in [0.717, 1.165) is 72.4 Å². The molecule has 0 aliphatic rings. The van der Waals surface area contributed by atoms with E-state index in [1.54, 1.807) is 0 Å². The van der Waals surface area contributed by atoms with Crippen LogP contribution in [0.4, 0.5) is 0 Å². The predicted molar refractivity (Wildman–Crippen MR) is 215 cm³/mol. The Morgan fingerprint density at radius 3 is 1.40 bits per heavy atom. The molecule has 0 spiro atoms. The molecule has 3 heterocycles. The zero-order valence-electron chi connectivity index (χ0n) is 28.1. The van der Waals surface area contributed by atoms with Crippen molar-refractivity contribution in [1.29, 1.82) is 0 Å². The van der Waals surface area contributed by atoms with Crippen molar-refractivity contribution in [3.8, 4) is 56.4 Å². The summed E-state index contributed by atoms with van der Waals surface area (Å²) >= 11 is 0. The molecule has 0 saturated heterocycles. The Hall–Kier alpha value is -7.04. The van der Waals surface area contributed by atoms with Gasteiger partial charge in [0, 0.05) is 38.6 Å². The monoisotopic (exact) mass is 662 g/mol. The normalized spacial score (nSPS) is 11.5. The maximum absolute atomic E-state index is 5.31. The van der Waals surface area contributed by atoms with E-state index in [0.29, 0.717) is 5.82 Å². The Labute approximate surface area is 300 Å². The molecule has 0 aliphatic heterocycles. The minimum absolute atomic E-state index is 0.683. The topological polar surface area (TPSA) is 51.6 Å². The second-order valence-electron chi connectivity index (χ2n) is 13.1. The Kier molecular flexibility index (Phi) is 7.10. The van der Waals surface area contributed by atoms with E-state index in [1.807, 2.05) is 36.4 Å². The molecule has 4 heteroatoms. The van der Waals surface area contributed by atoms with Crippen LogP contribution in [0.3, 0.4) is 0 Å². The number of hydrogen-bond donors (Lipinski definition) is 0. The molecule has 242 valence electrons. The van der Waals surface area contributed by atoms with Gasteiger partial charge in [0.1, 0.15) is 0 Å². The fraction of sp³-hybridized carbons (Fsp3) is 0. The number of hydrogen-bond acceptors (Lipinski definition) is 4. The fourth-order valence-electron chi connectivity index (χ4n) is 7.22. The fourth-order valence-corrected chi connectivity index (χ4v) is 7.22. The van der Waals surface area contributed by atoms with E-state index in [1.165, 1.54) is 21.5 Å². The Morgan fingerprint density at radius 2 is 0.750 bits per heavy atom. The standard InChI is InChI=1S/C48H30N4/c1-3-11-31(12-4-1)44-30-45(32-13-5-2-6-14-32)52-48(51-44)36-23-19-33(20-24-36)42-27-25-34-21-22-35-26-28-43(50-47(35)46(34)49-42)41-29-37-15-7-8-16-38(37)39-17-9-10-18-40(39)41/h1-30H. The van der Waals surface area contributed by atoms with Gasteiger partial charge >= 0.3 is 0 Å². The van der Waals surface area contributed by atoms with Crippen molar-refractivity contribution in [3.63, 3.8) is 0 Å². The Morgan fingerprint density at radius 1 is 0.269 bits per heavy atom. The lowest BCUT2D eigenvalue weighted by Gasteiger charge is -2.12. The van der Waals surface area contributed by atoms with Crippen LogP contribution in [0.15, 0.2) is 182 Å². The third-order valence-corrected chi connectivity index (χ3v) is 9.87. The highest BCUT2D eigenvalue weighted by Crippen LogP contribution is 2.36. The van der Waals surface area contributed by atoms with Gasteiger partial charge in [-0.3, -0.25) is 0 Å². The van der Waals surface area contributed by atoms with Gasteiger partial charge in [0.2, 0.25) is 0 Å². The summed E-state index contributed by atoms with van der Waals surface area (Å²) in [5, 5.41) is 6.99. The average molecular weight is 663 g/mol. The number of pyridine rings is 2. The van der Waals surface area contributed by atoms with E-state index >= 15 is 0 Å². The third kappa shape index (κ3) is 5.26. The second-order valence-corrected chi connectivity index (χ2v) is 13.1. The van der Waals surface area contributed by atoms with Crippen LogP contribution in [-0.4, -0.2) is 19.9 Å². The van der Waals surface area contributed by atoms with Crippen molar-refractivity contribution >= 4 is 43.4 Å². The summed E-state index contributed by atoms with van der Waals surface area (Å²) in [6.45, 7) is 0. The van der Waals surface area contributed by atoms with Crippen molar-refractivity contribution in [2.24, 2.45) is 0 Å². The summed E-state index contributed by atoms with van der Waals surface area (Å²) in [5.74, 6) is 0.683. The third-order valence-electron chi connectivity index (χ3n) is 9.87. The molecule has 0 amide bonds. The lowest BCUT2D eigenvalue weighted by molar-refractivity contribution is 1.18. The number of aromatic nitrogens is 4. The molecule has 0 bridgehead atoms. The van der Waals surface area contributed by atoms with Crippen LogP contribution in [-0.2, 0) is 0 Å². The smallest absolute Gasteiger partial charge is 0.160 e. The lowest BCUT2D eigenvalue weighted by atomic mass is 9.95. The van der Waals surface area contributed by atoms with Crippen LogP contribution in [0.25, 0.3) is 99.8 Å². The van der Waals surface area contributed by atoms with Crippen molar-refractivity contribution in [1.82, 2.24) is 19.9 Å². The summed E-state index contributed by atoms with van der Waals surface area (Å²) in [6, 6.07) is 63.2. The van der Waals surface area contributed by atoms with Crippen molar-refractivity contribution in [2.75, 3.05) is 0 Å². The van der Waals surface area contributed by atoms with Gasteiger partial charge in [0.25, 0.3) is 0 Å². The maximum atomic E-state index is 5.31. The number of rotatable bonds is 5. The van der Waals surface area contributed by atoms with Crippen LogP contribution >= 0.6 is 0 Å². The molecule has 4 nitrogen and oxygen atoms in total. The minimum atomic E-state index is 0.683. The van der Waals surface area contributed by atoms with Gasteiger partial charge in [-0.2, -0.15) is 0 Å². The number of benzene rings is 7. The van der Waals surface area contributed by atoms with Gasteiger partial charge in [-0.25, -0.2) is 19.9 Å². The average Bonchev–Trinajstić information content (AvgIpc) is 3.23. The van der Waals surface area contributed by atoms with Crippen LogP contribution in [0.1, 0.15) is 0 Å². The summed E-state index contributed by atoms with van der Waals surface area (Å²) in [6.07, 6.45) is 0. The maximum Gasteiger partial charge on any atom is 0.160 e. The van der Waals surface area contributed by atoms with E-state index in [9.17, 15) is 0 Å². The Balaban J connectivity index is 1.06. The lowest BCUT2D eigenvalue weighted by Crippen LogP contribution is -1.96. The summed E-state index contributed by atoms with van der Waals surface area (Å²) in [4.78, 5) is 20.6. The largest absolute Gasteiger partial charge is 0.245 e. The van der Waals surface area contributed by atoms with E-state index in [4.69, 9.17) is 19.9 Å². The first-order chi connectivity index (χ1) is 25.7. The second kappa shape index (κ2) is 12.4. The molecule has 0 fully saturated rings. The molecule has 3 aromatic heterocycles. The van der Waals surface area contributed by atoms with Gasteiger partial charge in [-0.05, 0) is 45.8 Å². The van der Waals surface area contributed by atoms with E-state index in [2.05, 4.69) is 146 Å². The van der Waals surface area contributed by atoms with Gasteiger partial charge in [-0.1, -0.05) is 158 Å². The summed E-state index contributed by atoms with van der Waals surface area (Å²) < 4.78 is 0. The highest BCUT2D eigenvalue weighted by atomic mass is 14.9. The highest BCUT2D eigenvalue weighted by Gasteiger charge is 2.14. The zero-order valence-corrected chi connectivity index (χ0v) is 28.1. The van der Waals surface area contributed by atoms with Crippen molar-refractivity contribution < 1.29 is 0 Å². The highest BCUT2D eigenvalue weighted by molar-refractivity contribution is 6.14. The number of nitrogens with zero attached hydrogens (tertiary/aromatic N) is 4. The van der Waals surface area contributed by atoms with Crippen LogP contribution in [0.2, 0.25) is 0 Å². The first kappa shape index (κ1) is 29.8. The molecular weight excluding hydrogens is 633 g/mol. The van der Waals surface area contributed by atoms with Crippen LogP contribution < -0.4 is 0 Å². The van der Waals surface area contributed by atoms with Crippen molar-refractivity contribution in [2.45, 2.75) is 0 Å². The number of fused-ring (bicyclic) bond motifs is 6. The minimum Gasteiger partial charge on any atom is -0.245 e. The van der Waals surface area contributed by atoms with E-state index in [-0.39, 0.29) is 0 Å². The Bertz CT molecular complexity index is 2880. The molecule has 0 radical (unpaired) electrons. The SMILES string of the molecule is c1ccc(-c2cc(-c3ccccc3)nc(-c3ccc(-c4ccc5ccc6ccc(-c7cc8ccccc8c8ccccc78)nc6c5n4)cc3)n2)cc1. The van der Waals surface area contributed by atoms with Gasteiger partial charge in [0.05, 0.1) is 33.8 Å². The molecule has 0 saturated carbocycles. The molecule has 52 heavy (non-hydrogen) atoms. The van der Waals surface area contributed by atoms with E-state index < -0.39 is 0 Å². The quantitative estimate of drug-likeness (QED) is 0.172. The van der Waals surface area contributed by atoms with Crippen molar-refractivity contribution in [3.05, 3.63) is 182 Å². The van der Waals surface area contributed by atoms with Gasteiger partial charge in [-0.15, -0.1) is 0 Å². The van der Waals surface area contributed by atoms with Crippen LogP contribution in [0.5, 0.6) is 0 Å². The molecule has 7 aromatic carbocycles. The first-order valence-corrected chi connectivity index (χ1v) is 17.5. The molecule has 10 aromatic rings. The van der Waals surface area contributed by atoms with Gasteiger partial charge < -0.3 is 0 Å². The molecule has 0 unspecified atom stereocenters. The summed E-state index contributed by atoms with van der Waals surface area (Å²) in [7, 11) is 0. The molecular formula is C48H30N4. The molecule has 0 atom stereocenters. The molecule has 10 rings (SSSR count).